The largest absolute Gasteiger partial charge is 0.396 e. The number of carbonyl (C=O) groups excluding carboxylic acids is 1. The molecule has 0 bridgehead atoms. The molecule has 1 aromatic carbocycles. The molecule has 0 spiro atoms. The summed E-state index contributed by atoms with van der Waals surface area (Å²) < 4.78 is 0. The van der Waals surface area contributed by atoms with Crippen LogP contribution in [0.25, 0.3) is 0 Å². The van der Waals surface area contributed by atoms with Crippen molar-refractivity contribution in [2.45, 2.75) is 38.1 Å². The lowest BCUT2D eigenvalue weighted by Crippen LogP contribution is -2.40. The molecule has 20 heavy (non-hydrogen) atoms. The SMILES string of the molecule is O=C(NCCCO)NC(c1ccccc1)C1CCCC1. The molecule has 110 valence electrons. The summed E-state index contributed by atoms with van der Waals surface area (Å²) in [6.07, 6.45) is 5.45. The van der Waals surface area contributed by atoms with Crippen molar-refractivity contribution in [1.29, 1.82) is 0 Å². The Labute approximate surface area is 120 Å². The minimum atomic E-state index is -0.140. The van der Waals surface area contributed by atoms with Crippen molar-refractivity contribution < 1.29 is 9.90 Å². The van der Waals surface area contributed by atoms with E-state index in [9.17, 15) is 4.79 Å². The maximum atomic E-state index is 12.0. The summed E-state index contributed by atoms with van der Waals surface area (Å²) in [5, 5.41) is 14.6. The third-order valence-electron chi connectivity index (χ3n) is 3.94. The van der Waals surface area contributed by atoms with E-state index in [1.807, 2.05) is 18.2 Å². The minimum absolute atomic E-state index is 0.0906. The van der Waals surface area contributed by atoms with Crippen molar-refractivity contribution >= 4 is 6.03 Å². The number of hydrogen-bond donors (Lipinski definition) is 3. The van der Waals surface area contributed by atoms with E-state index in [2.05, 4.69) is 22.8 Å². The van der Waals surface area contributed by atoms with E-state index in [1.165, 1.54) is 31.2 Å². The van der Waals surface area contributed by atoms with Gasteiger partial charge in [-0.2, -0.15) is 0 Å². The Balaban J connectivity index is 1.98. The first-order valence-electron chi connectivity index (χ1n) is 7.51. The highest BCUT2D eigenvalue weighted by Crippen LogP contribution is 2.35. The van der Waals surface area contributed by atoms with Crippen LogP contribution < -0.4 is 10.6 Å². The third-order valence-corrected chi connectivity index (χ3v) is 3.94. The number of nitrogens with one attached hydrogen (secondary N) is 2. The van der Waals surface area contributed by atoms with Gasteiger partial charge in [-0.15, -0.1) is 0 Å². The van der Waals surface area contributed by atoms with Crippen LogP contribution in [0.5, 0.6) is 0 Å². The summed E-state index contributed by atoms with van der Waals surface area (Å²) in [5.74, 6) is 0.529. The third kappa shape index (κ3) is 4.23. The van der Waals surface area contributed by atoms with Crippen LogP contribution in [0, 0.1) is 5.92 Å². The quantitative estimate of drug-likeness (QED) is 0.699. The van der Waals surface area contributed by atoms with Crippen LogP contribution in [-0.2, 0) is 0 Å². The Morgan fingerprint density at radius 3 is 2.60 bits per heavy atom. The van der Waals surface area contributed by atoms with E-state index in [0.717, 1.165) is 0 Å². The molecule has 1 aliphatic carbocycles. The van der Waals surface area contributed by atoms with Gasteiger partial charge in [0.25, 0.3) is 0 Å². The number of amides is 2. The average Bonchev–Trinajstić information content (AvgIpc) is 3.00. The molecule has 1 atom stereocenters. The minimum Gasteiger partial charge on any atom is -0.396 e. The summed E-state index contributed by atoms with van der Waals surface area (Å²) in [4.78, 5) is 12.0. The van der Waals surface area contributed by atoms with Gasteiger partial charge >= 0.3 is 6.03 Å². The number of aliphatic hydroxyl groups excluding tert-OH is 1. The second-order valence-electron chi connectivity index (χ2n) is 5.41. The highest BCUT2D eigenvalue weighted by atomic mass is 16.3. The van der Waals surface area contributed by atoms with Crippen LogP contribution in [0.1, 0.15) is 43.7 Å². The molecule has 1 aliphatic rings. The Morgan fingerprint density at radius 1 is 1.25 bits per heavy atom. The number of hydrogen-bond acceptors (Lipinski definition) is 2. The highest BCUT2D eigenvalue weighted by Gasteiger charge is 2.27. The van der Waals surface area contributed by atoms with Gasteiger partial charge in [0.1, 0.15) is 0 Å². The molecule has 1 aromatic rings. The normalized spacial score (nSPS) is 16.9. The zero-order valence-electron chi connectivity index (χ0n) is 11.8. The molecule has 0 radical (unpaired) electrons. The fourth-order valence-corrected chi connectivity index (χ4v) is 2.90. The molecule has 2 rings (SSSR count). The molecule has 3 N–H and O–H groups in total. The first-order valence-corrected chi connectivity index (χ1v) is 7.51. The predicted octanol–water partition coefficient (Wildman–Crippen LogP) is 2.60. The highest BCUT2D eigenvalue weighted by molar-refractivity contribution is 5.74. The summed E-state index contributed by atoms with van der Waals surface area (Å²) in [6.45, 7) is 0.611. The van der Waals surface area contributed by atoms with Crippen LogP contribution in [-0.4, -0.2) is 24.3 Å². The zero-order chi connectivity index (χ0) is 14.2. The molecule has 4 nitrogen and oxygen atoms in total. The zero-order valence-corrected chi connectivity index (χ0v) is 11.8. The lowest BCUT2D eigenvalue weighted by atomic mass is 9.92. The van der Waals surface area contributed by atoms with Gasteiger partial charge in [-0.05, 0) is 30.7 Å². The molecule has 1 unspecified atom stereocenters. The molecule has 1 saturated carbocycles. The second-order valence-corrected chi connectivity index (χ2v) is 5.41. The Bertz CT molecular complexity index is 402. The maximum Gasteiger partial charge on any atom is 0.315 e. The van der Waals surface area contributed by atoms with Crippen molar-refractivity contribution in [1.82, 2.24) is 10.6 Å². The van der Waals surface area contributed by atoms with Crippen LogP contribution in [0.4, 0.5) is 4.79 Å². The second kappa shape index (κ2) is 7.90. The van der Waals surface area contributed by atoms with Crippen LogP contribution in [0.2, 0.25) is 0 Å². The fourth-order valence-electron chi connectivity index (χ4n) is 2.90. The lowest BCUT2D eigenvalue weighted by Gasteiger charge is -2.25. The first kappa shape index (κ1) is 14.9. The number of carbonyl (C=O) groups is 1. The van der Waals surface area contributed by atoms with E-state index in [4.69, 9.17) is 5.11 Å². The van der Waals surface area contributed by atoms with E-state index in [-0.39, 0.29) is 18.7 Å². The van der Waals surface area contributed by atoms with Crippen LogP contribution >= 0.6 is 0 Å². The molecule has 1 fully saturated rings. The predicted molar refractivity (Wildman–Crippen MR) is 79.4 cm³/mol. The number of benzene rings is 1. The van der Waals surface area contributed by atoms with E-state index < -0.39 is 0 Å². The van der Waals surface area contributed by atoms with Gasteiger partial charge in [-0.25, -0.2) is 4.79 Å². The van der Waals surface area contributed by atoms with E-state index in [0.29, 0.717) is 18.9 Å². The van der Waals surface area contributed by atoms with Crippen LogP contribution in [0.3, 0.4) is 0 Å². The molecular weight excluding hydrogens is 252 g/mol. The summed E-state index contributed by atoms with van der Waals surface area (Å²) >= 11 is 0. The Hall–Kier alpha value is -1.55. The number of aliphatic hydroxyl groups is 1. The molecular formula is C16H24N2O2. The lowest BCUT2D eigenvalue weighted by molar-refractivity contribution is 0.228. The molecule has 0 heterocycles. The van der Waals surface area contributed by atoms with Crippen molar-refractivity contribution in [2.75, 3.05) is 13.2 Å². The monoisotopic (exact) mass is 276 g/mol. The molecule has 0 aliphatic heterocycles. The van der Waals surface area contributed by atoms with Crippen molar-refractivity contribution in [3.05, 3.63) is 35.9 Å². The van der Waals surface area contributed by atoms with Crippen molar-refractivity contribution in [3.63, 3.8) is 0 Å². The number of urea groups is 1. The van der Waals surface area contributed by atoms with E-state index in [1.54, 1.807) is 0 Å². The molecule has 0 saturated heterocycles. The smallest absolute Gasteiger partial charge is 0.315 e. The maximum absolute atomic E-state index is 12.0. The van der Waals surface area contributed by atoms with Gasteiger partial charge in [0.15, 0.2) is 0 Å². The van der Waals surface area contributed by atoms with Gasteiger partial charge < -0.3 is 15.7 Å². The van der Waals surface area contributed by atoms with Gasteiger partial charge in [0.2, 0.25) is 0 Å². The standard InChI is InChI=1S/C16H24N2O2/c19-12-6-11-17-16(20)18-15(14-9-4-5-10-14)13-7-2-1-3-8-13/h1-3,7-8,14-15,19H,4-6,9-12H2,(H2,17,18,20). The van der Waals surface area contributed by atoms with Crippen molar-refractivity contribution in [2.24, 2.45) is 5.92 Å². The van der Waals surface area contributed by atoms with Crippen molar-refractivity contribution in [3.8, 4) is 0 Å². The molecule has 0 aromatic heterocycles. The van der Waals surface area contributed by atoms with Gasteiger partial charge in [0, 0.05) is 13.2 Å². The topological polar surface area (TPSA) is 61.4 Å². The average molecular weight is 276 g/mol. The summed E-state index contributed by atoms with van der Waals surface area (Å²) in [6, 6.07) is 10.1. The Kier molecular flexibility index (Phi) is 5.87. The fraction of sp³-hybridized carbons (Fsp3) is 0.562. The first-order chi connectivity index (χ1) is 9.81. The molecule has 4 heteroatoms. The van der Waals surface area contributed by atoms with Gasteiger partial charge in [0.05, 0.1) is 6.04 Å². The summed E-state index contributed by atoms with van der Waals surface area (Å²) in [7, 11) is 0. The Morgan fingerprint density at radius 2 is 1.95 bits per heavy atom. The van der Waals surface area contributed by atoms with E-state index >= 15 is 0 Å². The van der Waals surface area contributed by atoms with Gasteiger partial charge in [-0.3, -0.25) is 0 Å². The molecule has 2 amide bonds. The summed E-state index contributed by atoms with van der Waals surface area (Å²) in [5.41, 5.74) is 1.18. The van der Waals surface area contributed by atoms with Crippen LogP contribution in [0.15, 0.2) is 30.3 Å². The van der Waals surface area contributed by atoms with Gasteiger partial charge in [-0.1, -0.05) is 43.2 Å². The number of rotatable bonds is 6.